The van der Waals surface area contributed by atoms with E-state index < -0.39 is 11.7 Å². The number of hydrogen-bond donors (Lipinski definition) is 2. The Bertz CT molecular complexity index is 690. The first-order valence-electron chi connectivity index (χ1n) is 10.7. The molecule has 1 aromatic rings. The molecular weight excluding hydrogens is 384 g/mol. The topological polar surface area (TPSA) is 92.8 Å². The van der Waals surface area contributed by atoms with Crippen molar-refractivity contribution in [3.8, 4) is 0 Å². The molecule has 1 aliphatic rings. The van der Waals surface area contributed by atoms with Gasteiger partial charge in [-0.05, 0) is 71.2 Å². The summed E-state index contributed by atoms with van der Waals surface area (Å²) >= 11 is 0. The fourth-order valence-corrected chi connectivity index (χ4v) is 3.43. The standard InChI is InChI=1S/C22H36N4O4/c1-22(2,3)30-21(28)25-10-12-29-16-20(27)24-9-5-7-17-13-18(15-23-14-17)19-8-6-11-26(19)4/h13-15,19H,5-12,16H2,1-4H3,(H,24,27)(H,25,28). The molecule has 1 fully saturated rings. The van der Waals surface area contributed by atoms with E-state index in [9.17, 15) is 9.59 Å². The highest BCUT2D eigenvalue weighted by Gasteiger charge is 2.22. The normalized spacial score (nSPS) is 17.0. The maximum atomic E-state index is 11.8. The Morgan fingerprint density at radius 2 is 2.03 bits per heavy atom. The van der Waals surface area contributed by atoms with Crippen LogP contribution in [0.5, 0.6) is 0 Å². The number of carbonyl (C=O) groups excluding carboxylic acids is 2. The third-order valence-corrected chi connectivity index (χ3v) is 4.83. The summed E-state index contributed by atoms with van der Waals surface area (Å²) in [6.07, 6.45) is 7.51. The fraction of sp³-hybridized carbons (Fsp3) is 0.682. The number of likely N-dealkylation sites (tertiary alicyclic amines) is 1. The summed E-state index contributed by atoms with van der Waals surface area (Å²) < 4.78 is 10.4. The summed E-state index contributed by atoms with van der Waals surface area (Å²) in [6, 6.07) is 2.71. The van der Waals surface area contributed by atoms with Crippen LogP contribution >= 0.6 is 0 Å². The Hall–Kier alpha value is -2.19. The predicted molar refractivity (Wildman–Crippen MR) is 115 cm³/mol. The van der Waals surface area contributed by atoms with Gasteiger partial charge in [0.05, 0.1) is 6.61 Å². The van der Waals surface area contributed by atoms with Gasteiger partial charge < -0.3 is 20.1 Å². The van der Waals surface area contributed by atoms with Gasteiger partial charge in [0, 0.05) is 31.5 Å². The molecule has 168 valence electrons. The number of nitrogens with zero attached hydrogens (tertiary/aromatic N) is 2. The lowest BCUT2D eigenvalue weighted by atomic mass is 10.0. The molecule has 2 rings (SSSR count). The lowest BCUT2D eigenvalue weighted by Crippen LogP contribution is -2.35. The summed E-state index contributed by atoms with van der Waals surface area (Å²) in [5, 5.41) is 5.44. The first kappa shape index (κ1) is 24.1. The Labute approximate surface area is 179 Å². The minimum absolute atomic E-state index is 0.0267. The Balaban J connectivity index is 1.55. The molecule has 0 aliphatic carbocycles. The molecule has 2 N–H and O–H groups in total. The number of pyridine rings is 1. The van der Waals surface area contributed by atoms with Gasteiger partial charge in [-0.3, -0.25) is 14.7 Å². The van der Waals surface area contributed by atoms with Crippen LogP contribution in [0.1, 0.15) is 57.2 Å². The average molecular weight is 421 g/mol. The second kappa shape index (κ2) is 11.9. The van der Waals surface area contributed by atoms with Crippen molar-refractivity contribution in [3.05, 3.63) is 29.6 Å². The molecule has 1 aliphatic heterocycles. The number of hydrogen-bond acceptors (Lipinski definition) is 6. The van der Waals surface area contributed by atoms with Gasteiger partial charge in [0.15, 0.2) is 0 Å². The van der Waals surface area contributed by atoms with Crippen molar-refractivity contribution in [1.82, 2.24) is 20.5 Å². The van der Waals surface area contributed by atoms with Crippen molar-refractivity contribution in [1.29, 1.82) is 0 Å². The summed E-state index contributed by atoms with van der Waals surface area (Å²) in [7, 11) is 2.16. The van der Waals surface area contributed by atoms with E-state index in [0.717, 1.165) is 19.4 Å². The van der Waals surface area contributed by atoms with Crippen LogP contribution in [0.25, 0.3) is 0 Å². The van der Waals surface area contributed by atoms with Crippen LogP contribution in [-0.4, -0.2) is 67.4 Å². The smallest absolute Gasteiger partial charge is 0.407 e. The molecule has 1 aromatic heterocycles. The summed E-state index contributed by atoms with van der Waals surface area (Å²) in [5.74, 6) is -0.160. The first-order chi connectivity index (χ1) is 14.2. The van der Waals surface area contributed by atoms with E-state index in [1.807, 2.05) is 12.4 Å². The molecule has 0 radical (unpaired) electrons. The minimum atomic E-state index is -0.533. The number of nitrogens with one attached hydrogen (secondary N) is 2. The van der Waals surface area contributed by atoms with Gasteiger partial charge in [0.25, 0.3) is 0 Å². The van der Waals surface area contributed by atoms with Crippen LogP contribution in [0.4, 0.5) is 4.79 Å². The van der Waals surface area contributed by atoms with Crippen molar-refractivity contribution < 1.29 is 19.1 Å². The van der Waals surface area contributed by atoms with Crippen LogP contribution < -0.4 is 10.6 Å². The largest absolute Gasteiger partial charge is 0.444 e. The highest BCUT2D eigenvalue weighted by atomic mass is 16.6. The molecule has 1 unspecified atom stereocenters. The van der Waals surface area contributed by atoms with Gasteiger partial charge in [0.1, 0.15) is 12.2 Å². The first-order valence-corrected chi connectivity index (χ1v) is 10.7. The van der Waals surface area contributed by atoms with E-state index in [4.69, 9.17) is 9.47 Å². The van der Waals surface area contributed by atoms with Crippen LogP contribution in [0.3, 0.4) is 0 Å². The second-order valence-corrected chi connectivity index (χ2v) is 8.70. The van der Waals surface area contributed by atoms with Gasteiger partial charge in [-0.1, -0.05) is 6.07 Å². The summed E-state index contributed by atoms with van der Waals surface area (Å²) in [5.41, 5.74) is 1.95. The number of aryl methyl sites for hydroxylation is 1. The zero-order valence-corrected chi connectivity index (χ0v) is 18.7. The molecule has 0 aromatic carbocycles. The summed E-state index contributed by atoms with van der Waals surface area (Å²) in [6.45, 7) is 7.65. The van der Waals surface area contributed by atoms with E-state index in [-0.39, 0.29) is 19.1 Å². The van der Waals surface area contributed by atoms with Gasteiger partial charge in [0.2, 0.25) is 5.91 Å². The molecule has 0 bridgehead atoms. The van der Waals surface area contributed by atoms with Crippen LogP contribution in [0, 0.1) is 0 Å². The number of rotatable bonds is 10. The van der Waals surface area contributed by atoms with Crippen LogP contribution in [0.2, 0.25) is 0 Å². The number of aromatic nitrogens is 1. The van der Waals surface area contributed by atoms with E-state index in [0.29, 0.717) is 19.1 Å². The van der Waals surface area contributed by atoms with E-state index in [1.54, 1.807) is 20.8 Å². The van der Waals surface area contributed by atoms with Gasteiger partial charge >= 0.3 is 6.09 Å². The molecular formula is C22H36N4O4. The maximum absolute atomic E-state index is 11.8. The van der Waals surface area contributed by atoms with Gasteiger partial charge in [-0.2, -0.15) is 0 Å². The van der Waals surface area contributed by atoms with Crippen molar-refractivity contribution in [3.63, 3.8) is 0 Å². The Morgan fingerprint density at radius 3 is 2.73 bits per heavy atom. The quantitative estimate of drug-likeness (QED) is 0.565. The zero-order valence-electron chi connectivity index (χ0n) is 18.7. The fourth-order valence-electron chi connectivity index (χ4n) is 3.43. The number of ether oxygens (including phenoxy) is 2. The zero-order chi connectivity index (χ0) is 22.0. The van der Waals surface area contributed by atoms with E-state index >= 15 is 0 Å². The second-order valence-electron chi connectivity index (χ2n) is 8.70. The van der Waals surface area contributed by atoms with E-state index in [1.165, 1.54) is 24.0 Å². The molecule has 0 saturated carbocycles. The third-order valence-electron chi connectivity index (χ3n) is 4.83. The van der Waals surface area contributed by atoms with E-state index in [2.05, 4.69) is 33.6 Å². The number of amides is 2. The monoisotopic (exact) mass is 420 g/mol. The molecule has 1 saturated heterocycles. The van der Waals surface area contributed by atoms with Crippen LogP contribution in [-0.2, 0) is 20.7 Å². The number of carbonyl (C=O) groups is 2. The lowest BCUT2D eigenvalue weighted by Gasteiger charge is -2.19. The lowest BCUT2D eigenvalue weighted by molar-refractivity contribution is -0.125. The van der Waals surface area contributed by atoms with Crippen molar-refractivity contribution in [2.45, 2.75) is 58.1 Å². The van der Waals surface area contributed by atoms with Gasteiger partial charge in [-0.15, -0.1) is 0 Å². The minimum Gasteiger partial charge on any atom is -0.444 e. The highest BCUT2D eigenvalue weighted by Crippen LogP contribution is 2.30. The molecule has 8 heteroatoms. The Morgan fingerprint density at radius 1 is 1.23 bits per heavy atom. The highest BCUT2D eigenvalue weighted by molar-refractivity contribution is 5.77. The third kappa shape index (κ3) is 9.09. The maximum Gasteiger partial charge on any atom is 0.407 e. The molecule has 0 spiro atoms. The molecule has 30 heavy (non-hydrogen) atoms. The van der Waals surface area contributed by atoms with Gasteiger partial charge in [-0.25, -0.2) is 4.79 Å². The Kier molecular flexibility index (Phi) is 9.52. The summed E-state index contributed by atoms with van der Waals surface area (Å²) in [4.78, 5) is 30.1. The molecule has 8 nitrogen and oxygen atoms in total. The average Bonchev–Trinajstić information content (AvgIpc) is 3.10. The van der Waals surface area contributed by atoms with Crippen molar-refractivity contribution >= 4 is 12.0 Å². The molecule has 1 atom stereocenters. The molecule has 2 amide bonds. The van der Waals surface area contributed by atoms with Crippen LogP contribution in [0.15, 0.2) is 18.5 Å². The SMILES string of the molecule is CN1CCCC1c1cncc(CCCNC(=O)COCCNC(=O)OC(C)(C)C)c1. The number of alkyl carbamates (subject to hydrolysis) is 1. The van der Waals surface area contributed by atoms with Crippen molar-refractivity contribution in [2.75, 3.05) is 39.9 Å². The molecule has 2 heterocycles. The predicted octanol–water partition coefficient (Wildman–Crippen LogP) is 2.44. The van der Waals surface area contributed by atoms with Crippen molar-refractivity contribution in [2.24, 2.45) is 0 Å².